The lowest BCUT2D eigenvalue weighted by atomic mass is 9.87. The molecule has 0 saturated carbocycles. The normalized spacial score (nSPS) is 21.0. The Balaban J connectivity index is 2.12. The summed E-state index contributed by atoms with van der Waals surface area (Å²) in [5.74, 6) is 0. The van der Waals surface area contributed by atoms with E-state index >= 15 is 0 Å². The first-order chi connectivity index (χ1) is 10.2. The summed E-state index contributed by atoms with van der Waals surface area (Å²) in [5, 5.41) is 0. The summed E-state index contributed by atoms with van der Waals surface area (Å²) in [7, 11) is 1.89. The molecule has 2 aromatic carbocycles. The monoisotopic (exact) mass is 306 g/mol. The lowest BCUT2D eigenvalue weighted by molar-refractivity contribution is -0.136. The van der Waals surface area contributed by atoms with Crippen molar-refractivity contribution in [1.29, 1.82) is 0 Å². The Kier molecular flexibility index (Phi) is 3.13. The number of nitrogens with zero attached hydrogens (tertiary/aromatic N) is 1. The quantitative estimate of drug-likeness (QED) is 0.800. The van der Waals surface area contributed by atoms with Gasteiger partial charge in [-0.15, -0.1) is 0 Å². The van der Waals surface area contributed by atoms with E-state index in [1.165, 1.54) is 6.07 Å². The molecule has 1 aliphatic heterocycles. The molecule has 0 amide bonds. The van der Waals surface area contributed by atoms with Crippen molar-refractivity contribution in [3.05, 3.63) is 59.2 Å². The zero-order valence-corrected chi connectivity index (χ0v) is 12.4. The second-order valence-electron chi connectivity index (χ2n) is 5.90. The molecule has 2 nitrogen and oxygen atoms in total. The van der Waals surface area contributed by atoms with Gasteiger partial charge in [-0.3, -0.25) is 0 Å². The van der Waals surface area contributed by atoms with Crippen LogP contribution in [0.1, 0.15) is 23.6 Å². The molecule has 0 fully saturated rings. The Hall–Kier alpha value is -2.17. The number of hydrogen-bond acceptors (Lipinski definition) is 2. The van der Waals surface area contributed by atoms with Crippen LogP contribution in [-0.2, 0) is 18.1 Å². The van der Waals surface area contributed by atoms with Crippen LogP contribution in [0.15, 0.2) is 42.5 Å². The molecule has 3 rings (SSSR count). The van der Waals surface area contributed by atoms with Gasteiger partial charge in [-0.05, 0) is 24.6 Å². The SMILES string of the molecule is CN1c2ccc(C(F)(F)F)c(N)c2CC1(C)c1ccccc1. The first-order valence-corrected chi connectivity index (χ1v) is 7.03. The van der Waals surface area contributed by atoms with Crippen LogP contribution >= 0.6 is 0 Å². The maximum atomic E-state index is 13.0. The molecule has 0 spiro atoms. The highest BCUT2D eigenvalue weighted by Crippen LogP contribution is 2.48. The van der Waals surface area contributed by atoms with Gasteiger partial charge in [0.05, 0.1) is 11.1 Å². The fraction of sp³-hybridized carbons (Fsp3) is 0.294. The van der Waals surface area contributed by atoms with E-state index in [2.05, 4.69) is 0 Å². The van der Waals surface area contributed by atoms with E-state index in [4.69, 9.17) is 5.73 Å². The number of anilines is 2. The van der Waals surface area contributed by atoms with Gasteiger partial charge in [0.2, 0.25) is 0 Å². The van der Waals surface area contributed by atoms with Crippen molar-refractivity contribution in [2.45, 2.75) is 25.1 Å². The standard InChI is InChI=1S/C17H17F3N2/c1-16(11-6-4-3-5-7-11)10-12-14(22(16)2)9-8-13(15(12)21)17(18,19)20/h3-9H,10,21H2,1-2H3. The smallest absolute Gasteiger partial charge is 0.398 e. The second kappa shape index (κ2) is 4.66. The molecule has 2 aromatic rings. The summed E-state index contributed by atoms with van der Waals surface area (Å²) in [5.41, 5.74) is 6.92. The summed E-state index contributed by atoms with van der Waals surface area (Å²) in [4.78, 5) is 2.01. The Labute approximate surface area is 127 Å². The summed E-state index contributed by atoms with van der Waals surface area (Å²) in [6.45, 7) is 2.02. The largest absolute Gasteiger partial charge is 0.418 e. The number of nitrogen functional groups attached to an aromatic ring is 1. The van der Waals surface area contributed by atoms with Gasteiger partial charge in [0, 0.05) is 30.4 Å². The van der Waals surface area contributed by atoms with Gasteiger partial charge >= 0.3 is 6.18 Å². The molecule has 0 aliphatic carbocycles. The van der Waals surface area contributed by atoms with Crippen LogP contribution in [0.25, 0.3) is 0 Å². The molecule has 1 unspecified atom stereocenters. The zero-order valence-electron chi connectivity index (χ0n) is 12.4. The van der Waals surface area contributed by atoms with Gasteiger partial charge in [-0.1, -0.05) is 30.3 Å². The maximum Gasteiger partial charge on any atom is 0.418 e. The molecule has 116 valence electrons. The number of benzene rings is 2. The predicted octanol–water partition coefficient (Wildman–Crippen LogP) is 4.20. The summed E-state index contributed by atoms with van der Waals surface area (Å²) in [6.07, 6.45) is -3.97. The first-order valence-electron chi connectivity index (χ1n) is 7.03. The fourth-order valence-electron chi connectivity index (χ4n) is 3.22. The molecule has 0 radical (unpaired) electrons. The molecule has 22 heavy (non-hydrogen) atoms. The van der Waals surface area contributed by atoms with Gasteiger partial charge in [0.25, 0.3) is 0 Å². The van der Waals surface area contributed by atoms with Crippen molar-refractivity contribution in [3.63, 3.8) is 0 Å². The fourth-order valence-corrected chi connectivity index (χ4v) is 3.22. The molecule has 0 aromatic heterocycles. The third-order valence-electron chi connectivity index (χ3n) is 4.66. The number of nitrogens with two attached hydrogens (primary N) is 1. The Morgan fingerprint density at radius 2 is 1.73 bits per heavy atom. The van der Waals surface area contributed by atoms with Crippen LogP contribution in [0.3, 0.4) is 0 Å². The van der Waals surface area contributed by atoms with Gasteiger partial charge in [0.1, 0.15) is 0 Å². The minimum absolute atomic E-state index is 0.156. The van der Waals surface area contributed by atoms with Crippen LogP contribution in [0.4, 0.5) is 24.5 Å². The minimum atomic E-state index is -4.43. The van der Waals surface area contributed by atoms with Crippen LogP contribution in [0, 0.1) is 0 Å². The highest BCUT2D eigenvalue weighted by molar-refractivity contribution is 5.74. The Bertz CT molecular complexity index is 710. The Morgan fingerprint density at radius 1 is 1.09 bits per heavy atom. The average molecular weight is 306 g/mol. The number of likely N-dealkylation sites (N-methyl/N-ethyl adjacent to an activating group) is 1. The van der Waals surface area contributed by atoms with Gasteiger partial charge in [-0.25, -0.2) is 0 Å². The van der Waals surface area contributed by atoms with Gasteiger partial charge < -0.3 is 10.6 Å². The van der Waals surface area contributed by atoms with E-state index in [-0.39, 0.29) is 5.69 Å². The Morgan fingerprint density at radius 3 is 2.32 bits per heavy atom. The van der Waals surface area contributed by atoms with E-state index in [0.29, 0.717) is 12.0 Å². The number of hydrogen-bond donors (Lipinski definition) is 1. The van der Waals surface area contributed by atoms with Crippen LogP contribution < -0.4 is 10.6 Å². The number of halogens is 3. The molecule has 1 aliphatic rings. The van der Waals surface area contributed by atoms with Gasteiger partial charge in [0.15, 0.2) is 0 Å². The molecule has 1 heterocycles. The third-order valence-corrected chi connectivity index (χ3v) is 4.66. The number of fused-ring (bicyclic) bond motifs is 1. The number of rotatable bonds is 1. The maximum absolute atomic E-state index is 13.0. The molecular formula is C17H17F3N2. The zero-order chi connectivity index (χ0) is 16.1. The van der Waals surface area contributed by atoms with E-state index in [1.807, 2.05) is 49.2 Å². The van der Waals surface area contributed by atoms with Crippen molar-refractivity contribution >= 4 is 11.4 Å². The first kappa shape index (κ1) is 14.8. The molecule has 1 atom stereocenters. The molecule has 2 N–H and O–H groups in total. The van der Waals surface area contributed by atoms with Gasteiger partial charge in [-0.2, -0.15) is 13.2 Å². The van der Waals surface area contributed by atoms with Crippen molar-refractivity contribution in [1.82, 2.24) is 0 Å². The molecule has 5 heteroatoms. The van der Waals surface area contributed by atoms with Crippen LogP contribution in [-0.4, -0.2) is 7.05 Å². The van der Waals surface area contributed by atoms with E-state index in [1.54, 1.807) is 0 Å². The molecular weight excluding hydrogens is 289 g/mol. The van der Waals surface area contributed by atoms with Crippen molar-refractivity contribution in [2.75, 3.05) is 17.7 Å². The minimum Gasteiger partial charge on any atom is -0.398 e. The third kappa shape index (κ3) is 2.03. The lowest BCUT2D eigenvalue weighted by Crippen LogP contribution is -2.38. The lowest BCUT2D eigenvalue weighted by Gasteiger charge is -2.35. The topological polar surface area (TPSA) is 29.3 Å². The highest BCUT2D eigenvalue weighted by atomic mass is 19.4. The van der Waals surface area contributed by atoms with Crippen LogP contribution in [0.5, 0.6) is 0 Å². The van der Waals surface area contributed by atoms with Crippen molar-refractivity contribution < 1.29 is 13.2 Å². The van der Waals surface area contributed by atoms with E-state index in [0.717, 1.165) is 17.3 Å². The average Bonchev–Trinajstić information content (AvgIpc) is 2.74. The van der Waals surface area contributed by atoms with Crippen LogP contribution in [0.2, 0.25) is 0 Å². The summed E-state index contributed by atoms with van der Waals surface area (Å²) >= 11 is 0. The molecule has 0 saturated heterocycles. The number of alkyl halides is 3. The summed E-state index contributed by atoms with van der Waals surface area (Å²) < 4.78 is 39.1. The highest BCUT2D eigenvalue weighted by Gasteiger charge is 2.43. The summed E-state index contributed by atoms with van der Waals surface area (Å²) in [6, 6.07) is 12.4. The second-order valence-corrected chi connectivity index (χ2v) is 5.90. The van der Waals surface area contributed by atoms with E-state index in [9.17, 15) is 13.2 Å². The van der Waals surface area contributed by atoms with E-state index < -0.39 is 17.3 Å². The van der Waals surface area contributed by atoms with Crippen molar-refractivity contribution in [2.24, 2.45) is 0 Å². The molecule has 0 bridgehead atoms. The van der Waals surface area contributed by atoms with Crippen molar-refractivity contribution in [3.8, 4) is 0 Å². The predicted molar refractivity (Wildman–Crippen MR) is 81.8 cm³/mol.